The number of hydrogen-bond acceptors (Lipinski definition) is 3. The van der Waals surface area contributed by atoms with Gasteiger partial charge in [-0.1, -0.05) is 0 Å². The maximum atomic E-state index is 11.1. The van der Waals surface area contributed by atoms with Crippen molar-refractivity contribution in [1.82, 2.24) is 0 Å². The summed E-state index contributed by atoms with van der Waals surface area (Å²) in [4.78, 5) is 11.1. The predicted molar refractivity (Wildman–Crippen MR) is 81.0 cm³/mol. The van der Waals surface area contributed by atoms with Crippen LogP contribution < -0.4 is 0 Å². The van der Waals surface area contributed by atoms with Gasteiger partial charge in [0, 0.05) is 7.14 Å². The highest BCUT2D eigenvalue weighted by atomic mass is 127. The van der Waals surface area contributed by atoms with Gasteiger partial charge in [-0.25, -0.2) is 4.79 Å². The molecule has 1 N–H and O–H groups in total. The molecule has 0 fully saturated rings. The summed E-state index contributed by atoms with van der Waals surface area (Å²) in [6.07, 6.45) is 0. The number of nitrogens with zero attached hydrogens (tertiary/aromatic N) is 2. The SMILES string of the molecule is N#Cc1c(I)c(C#N)c(I)c(C(=O)O)c1I. The van der Waals surface area contributed by atoms with Crippen molar-refractivity contribution in [3.8, 4) is 12.1 Å². The molecule has 0 aromatic heterocycles. The lowest BCUT2D eigenvalue weighted by atomic mass is 10.1. The third-order valence-corrected chi connectivity index (χ3v) is 4.99. The van der Waals surface area contributed by atoms with E-state index in [0.29, 0.717) is 10.7 Å². The minimum absolute atomic E-state index is 0.0229. The maximum absolute atomic E-state index is 11.1. The van der Waals surface area contributed by atoms with Gasteiger partial charge in [0.15, 0.2) is 0 Å². The molecule has 0 aliphatic carbocycles. The minimum atomic E-state index is -1.13. The van der Waals surface area contributed by atoms with Crippen LogP contribution in [-0.4, -0.2) is 11.1 Å². The van der Waals surface area contributed by atoms with Gasteiger partial charge in [0.25, 0.3) is 0 Å². The molecule has 16 heavy (non-hydrogen) atoms. The lowest BCUT2D eigenvalue weighted by Gasteiger charge is -2.09. The molecule has 0 aliphatic rings. The third kappa shape index (κ3) is 2.26. The summed E-state index contributed by atoms with van der Waals surface area (Å²) in [5.41, 5.74) is 0.515. The van der Waals surface area contributed by atoms with Crippen molar-refractivity contribution in [2.45, 2.75) is 0 Å². The van der Waals surface area contributed by atoms with Gasteiger partial charge in [-0.2, -0.15) is 10.5 Å². The van der Waals surface area contributed by atoms with E-state index in [2.05, 4.69) is 0 Å². The Morgan fingerprint density at radius 1 is 1.00 bits per heavy atom. The van der Waals surface area contributed by atoms with Crippen molar-refractivity contribution < 1.29 is 9.90 Å². The number of benzene rings is 1. The van der Waals surface area contributed by atoms with Gasteiger partial charge in [0.2, 0.25) is 0 Å². The zero-order chi connectivity index (χ0) is 12.5. The molecule has 0 saturated carbocycles. The van der Waals surface area contributed by atoms with Gasteiger partial charge in [0.1, 0.15) is 12.1 Å². The van der Waals surface area contributed by atoms with E-state index in [0.717, 1.165) is 0 Å². The minimum Gasteiger partial charge on any atom is -0.478 e. The van der Waals surface area contributed by atoms with Crippen LogP contribution in [0.3, 0.4) is 0 Å². The highest BCUT2D eigenvalue weighted by molar-refractivity contribution is 14.1. The summed E-state index contributed by atoms with van der Waals surface area (Å²) in [6, 6.07) is 3.86. The second-order valence-electron chi connectivity index (χ2n) is 2.60. The van der Waals surface area contributed by atoms with E-state index < -0.39 is 5.97 Å². The molecule has 7 heteroatoms. The summed E-state index contributed by atoms with van der Waals surface area (Å²) in [6.45, 7) is 0. The van der Waals surface area contributed by atoms with Crippen LogP contribution in [0.2, 0.25) is 0 Å². The Morgan fingerprint density at radius 3 is 1.62 bits per heavy atom. The summed E-state index contributed by atoms with van der Waals surface area (Å²) < 4.78 is 1.25. The molecule has 0 spiro atoms. The van der Waals surface area contributed by atoms with E-state index >= 15 is 0 Å². The number of aromatic carboxylic acids is 1. The smallest absolute Gasteiger partial charge is 0.337 e. The standard InChI is InChI=1S/C9HI3N2O2/c10-6-3(1-13)7(11)5(9(15)16)8(12)4(6)2-14/h(H,15,16). The summed E-state index contributed by atoms with van der Waals surface area (Å²) >= 11 is 5.52. The summed E-state index contributed by atoms with van der Waals surface area (Å²) in [7, 11) is 0. The molecular weight excluding hydrogens is 549 g/mol. The molecule has 0 unspecified atom stereocenters. The van der Waals surface area contributed by atoms with E-state index in [9.17, 15) is 4.79 Å². The molecular formula is C9HI3N2O2. The van der Waals surface area contributed by atoms with Gasteiger partial charge in [-0.15, -0.1) is 0 Å². The largest absolute Gasteiger partial charge is 0.478 e. The first-order chi connectivity index (χ1) is 7.45. The molecule has 0 radical (unpaired) electrons. The van der Waals surface area contributed by atoms with E-state index in [-0.39, 0.29) is 16.7 Å². The molecule has 0 amide bonds. The molecule has 0 atom stereocenters. The van der Waals surface area contributed by atoms with Gasteiger partial charge in [0.05, 0.1) is 20.3 Å². The number of rotatable bonds is 1. The molecule has 0 bridgehead atoms. The zero-order valence-corrected chi connectivity index (χ0v) is 13.9. The van der Waals surface area contributed by atoms with Gasteiger partial charge >= 0.3 is 5.97 Å². The van der Waals surface area contributed by atoms with Crippen LogP contribution in [0, 0.1) is 33.4 Å². The first-order valence-corrected chi connectivity index (χ1v) is 6.93. The Balaban J connectivity index is 3.88. The normalized spacial score (nSPS) is 9.31. The number of carboxylic acids is 1. The van der Waals surface area contributed by atoms with E-state index in [1.165, 1.54) is 0 Å². The van der Waals surface area contributed by atoms with Crippen LogP contribution in [0.4, 0.5) is 0 Å². The van der Waals surface area contributed by atoms with Gasteiger partial charge in [-0.05, 0) is 67.8 Å². The first kappa shape index (κ1) is 13.9. The number of nitriles is 2. The highest BCUT2D eigenvalue weighted by Gasteiger charge is 2.23. The molecule has 80 valence electrons. The van der Waals surface area contributed by atoms with Crippen molar-refractivity contribution in [3.63, 3.8) is 0 Å². The molecule has 1 aromatic rings. The van der Waals surface area contributed by atoms with Crippen molar-refractivity contribution in [2.75, 3.05) is 0 Å². The zero-order valence-electron chi connectivity index (χ0n) is 7.38. The quantitative estimate of drug-likeness (QED) is 0.546. The topological polar surface area (TPSA) is 84.9 Å². The average molecular weight is 550 g/mol. The number of carbonyl (C=O) groups is 1. The molecule has 0 saturated heterocycles. The monoisotopic (exact) mass is 550 g/mol. The molecule has 4 nitrogen and oxygen atoms in total. The van der Waals surface area contributed by atoms with Crippen LogP contribution in [0.25, 0.3) is 0 Å². The van der Waals surface area contributed by atoms with E-state index in [1.54, 1.807) is 0 Å². The van der Waals surface area contributed by atoms with Crippen LogP contribution in [0.5, 0.6) is 0 Å². The fourth-order valence-corrected chi connectivity index (χ4v) is 5.16. The Bertz CT molecular complexity index is 529. The number of carboxylic acid groups (broad SMARTS) is 1. The first-order valence-electron chi connectivity index (χ1n) is 3.69. The lowest BCUT2D eigenvalue weighted by molar-refractivity contribution is 0.0694. The van der Waals surface area contributed by atoms with Crippen LogP contribution in [-0.2, 0) is 0 Å². The van der Waals surface area contributed by atoms with Crippen molar-refractivity contribution in [1.29, 1.82) is 10.5 Å². The van der Waals surface area contributed by atoms with Crippen molar-refractivity contribution in [2.24, 2.45) is 0 Å². The van der Waals surface area contributed by atoms with Gasteiger partial charge in [-0.3, -0.25) is 0 Å². The van der Waals surface area contributed by atoms with Gasteiger partial charge < -0.3 is 5.11 Å². The highest BCUT2D eigenvalue weighted by Crippen LogP contribution is 2.31. The number of hydrogen-bond donors (Lipinski definition) is 1. The Hall–Kier alpha value is -0.140. The Labute approximate surface area is 132 Å². The summed E-state index contributed by atoms with van der Waals surface area (Å²) in [5, 5.41) is 27.0. The van der Waals surface area contributed by atoms with Crippen molar-refractivity contribution in [3.05, 3.63) is 27.4 Å². The predicted octanol–water partition coefficient (Wildman–Crippen LogP) is 2.94. The Morgan fingerprint density at radius 2 is 1.38 bits per heavy atom. The second-order valence-corrected chi connectivity index (χ2v) is 5.83. The maximum Gasteiger partial charge on any atom is 0.337 e. The fourth-order valence-electron chi connectivity index (χ4n) is 1.05. The lowest BCUT2D eigenvalue weighted by Crippen LogP contribution is -2.09. The molecule has 1 rings (SSSR count). The van der Waals surface area contributed by atoms with Crippen LogP contribution >= 0.6 is 67.8 Å². The van der Waals surface area contributed by atoms with E-state index in [4.69, 9.17) is 15.6 Å². The molecule has 0 aliphatic heterocycles. The fraction of sp³-hybridized carbons (Fsp3) is 0. The van der Waals surface area contributed by atoms with E-state index in [1.807, 2.05) is 79.9 Å². The number of halogens is 3. The summed E-state index contributed by atoms with van der Waals surface area (Å²) in [5.74, 6) is -1.13. The second kappa shape index (κ2) is 5.46. The Kier molecular flexibility index (Phi) is 4.75. The van der Waals surface area contributed by atoms with Crippen LogP contribution in [0.1, 0.15) is 21.5 Å². The molecule has 0 heterocycles. The van der Waals surface area contributed by atoms with Crippen LogP contribution in [0.15, 0.2) is 0 Å². The average Bonchev–Trinajstić information content (AvgIpc) is 2.18. The van der Waals surface area contributed by atoms with Crippen molar-refractivity contribution >= 4 is 73.7 Å². The third-order valence-electron chi connectivity index (χ3n) is 1.75. The molecule has 1 aromatic carbocycles.